The summed E-state index contributed by atoms with van der Waals surface area (Å²) in [5, 5.41) is 11.2. The number of hydrogen-bond acceptors (Lipinski definition) is 2. The fourth-order valence-electron chi connectivity index (χ4n) is 1.21. The Balaban J connectivity index is 4.03. The first kappa shape index (κ1) is 14.5. The summed E-state index contributed by atoms with van der Waals surface area (Å²) in [6.45, 7) is 5.75. The molecular weight excluding hydrogens is 200 g/mol. The topological polar surface area (TPSA) is 52.9 Å². The lowest BCUT2D eigenvalue weighted by Gasteiger charge is -2.19. The van der Waals surface area contributed by atoms with Gasteiger partial charge in [0.2, 0.25) is 5.91 Å². The Morgan fingerprint density at radius 3 is 2.62 bits per heavy atom. The van der Waals surface area contributed by atoms with Gasteiger partial charge in [-0.3, -0.25) is 4.79 Å². The zero-order valence-corrected chi connectivity index (χ0v) is 10.4. The second-order valence-corrected chi connectivity index (χ2v) is 4.24. The Morgan fingerprint density at radius 2 is 2.06 bits per heavy atom. The molecule has 0 aromatic carbocycles. The van der Waals surface area contributed by atoms with Crippen molar-refractivity contribution in [3.05, 3.63) is 0 Å². The fraction of sp³-hybridized carbons (Fsp3) is 0.692. The van der Waals surface area contributed by atoms with E-state index in [4.69, 9.17) is 5.26 Å². The maximum atomic E-state index is 11.4. The monoisotopic (exact) mass is 220 g/mol. The van der Waals surface area contributed by atoms with Crippen LogP contribution in [0.4, 0.5) is 0 Å². The van der Waals surface area contributed by atoms with Gasteiger partial charge in [0.05, 0.1) is 11.6 Å². The van der Waals surface area contributed by atoms with Crippen LogP contribution >= 0.6 is 0 Å². The van der Waals surface area contributed by atoms with E-state index >= 15 is 0 Å². The van der Waals surface area contributed by atoms with Crippen molar-refractivity contribution in [2.24, 2.45) is 0 Å². The number of unbranched alkanes of at least 4 members (excludes halogenated alkanes) is 2. The summed E-state index contributed by atoms with van der Waals surface area (Å²) >= 11 is 0. The highest BCUT2D eigenvalue weighted by Crippen LogP contribution is 2.02. The lowest BCUT2D eigenvalue weighted by atomic mass is 10.1. The van der Waals surface area contributed by atoms with E-state index in [9.17, 15) is 4.79 Å². The van der Waals surface area contributed by atoms with E-state index in [1.54, 1.807) is 0 Å². The van der Waals surface area contributed by atoms with E-state index < -0.39 is 5.54 Å². The van der Waals surface area contributed by atoms with Gasteiger partial charge in [-0.25, -0.2) is 0 Å². The summed E-state index contributed by atoms with van der Waals surface area (Å²) in [6, 6.07) is 2.08. The number of rotatable bonds is 5. The van der Waals surface area contributed by atoms with Gasteiger partial charge in [0.1, 0.15) is 0 Å². The quantitative estimate of drug-likeness (QED) is 0.571. The van der Waals surface area contributed by atoms with E-state index in [0.29, 0.717) is 19.3 Å². The standard InChI is InChI=1S/C13H20N2O/c1-4-9-12(16)15-13(2,3)10-7-5-6-8-11-14/h4-6,8-9H2,1-3H3,(H,15,16). The minimum Gasteiger partial charge on any atom is -0.340 e. The van der Waals surface area contributed by atoms with Crippen LogP contribution in [0, 0.1) is 23.2 Å². The average Bonchev–Trinajstić information content (AvgIpc) is 2.16. The van der Waals surface area contributed by atoms with Gasteiger partial charge in [-0.15, -0.1) is 5.92 Å². The third kappa shape index (κ3) is 7.88. The maximum absolute atomic E-state index is 11.4. The SMILES string of the molecule is CCCC(=O)NC(C)(C)C#CCCCC#N. The number of hydrogen-bond donors (Lipinski definition) is 1. The summed E-state index contributed by atoms with van der Waals surface area (Å²) in [7, 11) is 0. The first-order chi connectivity index (χ1) is 7.52. The third-order valence-electron chi connectivity index (χ3n) is 1.92. The lowest BCUT2D eigenvalue weighted by molar-refractivity contribution is -0.122. The maximum Gasteiger partial charge on any atom is 0.221 e. The molecule has 0 aliphatic carbocycles. The van der Waals surface area contributed by atoms with E-state index in [1.165, 1.54) is 0 Å². The number of amides is 1. The molecule has 0 bridgehead atoms. The number of nitriles is 1. The molecule has 0 spiro atoms. The number of carbonyl (C=O) groups excluding carboxylic acids is 1. The average molecular weight is 220 g/mol. The zero-order valence-electron chi connectivity index (χ0n) is 10.4. The molecule has 0 saturated carbocycles. The molecule has 3 heteroatoms. The summed E-state index contributed by atoms with van der Waals surface area (Å²) < 4.78 is 0. The minimum absolute atomic E-state index is 0.0406. The van der Waals surface area contributed by atoms with Crippen molar-refractivity contribution in [1.82, 2.24) is 5.32 Å². The molecule has 0 unspecified atom stereocenters. The molecule has 0 aliphatic rings. The normalized spacial score (nSPS) is 9.88. The van der Waals surface area contributed by atoms with E-state index in [1.807, 2.05) is 20.8 Å². The number of carbonyl (C=O) groups is 1. The Labute approximate surface area is 98.2 Å². The molecule has 0 saturated heterocycles. The Hall–Kier alpha value is -1.48. The number of nitrogens with one attached hydrogen (secondary N) is 1. The number of nitrogens with zero attached hydrogens (tertiary/aromatic N) is 1. The van der Waals surface area contributed by atoms with Crippen molar-refractivity contribution in [2.75, 3.05) is 0 Å². The molecule has 0 atom stereocenters. The molecule has 0 radical (unpaired) electrons. The van der Waals surface area contributed by atoms with Gasteiger partial charge in [0.25, 0.3) is 0 Å². The van der Waals surface area contributed by atoms with Crippen LogP contribution < -0.4 is 5.32 Å². The van der Waals surface area contributed by atoms with Crippen molar-refractivity contribution >= 4 is 5.91 Å². The molecule has 0 heterocycles. The van der Waals surface area contributed by atoms with Gasteiger partial charge in [0.15, 0.2) is 0 Å². The molecule has 16 heavy (non-hydrogen) atoms. The molecule has 0 rings (SSSR count). The van der Waals surface area contributed by atoms with Gasteiger partial charge in [-0.2, -0.15) is 5.26 Å². The largest absolute Gasteiger partial charge is 0.340 e. The van der Waals surface area contributed by atoms with Crippen molar-refractivity contribution in [3.63, 3.8) is 0 Å². The van der Waals surface area contributed by atoms with Crippen LogP contribution in [0.2, 0.25) is 0 Å². The first-order valence-electron chi connectivity index (χ1n) is 5.70. The molecule has 0 aliphatic heterocycles. The van der Waals surface area contributed by atoms with E-state index in [-0.39, 0.29) is 5.91 Å². The van der Waals surface area contributed by atoms with Gasteiger partial charge < -0.3 is 5.32 Å². The predicted octanol–water partition coefficient (Wildman–Crippen LogP) is 2.38. The summed E-state index contributed by atoms with van der Waals surface area (Å²) in [6.07, 6.45) is 3.43. The molecule has 0 fully saturated rings. The molecule has 88 valence electrons. The van der Waals surface area contributed by atoms with Crippen molar-refractivity contribution < 1.29 is 4.79 Å². The van der Waals surface area contributed by atoms with Crippen LogP contribution in [-0.4, -0.2) is 11.4 Å². The summed E-state index contributed by atoms with van der Waals surface area (Å²) in [4.78, 5) is 11.4. The van der Waals surface area contributed by atoms with Crippen LogP contribution in [0.25, 0.3) is 0 Å². The van der Waals surface area contributed by atoms with Gasteiger partial charge in [-0.1, -0.05) is 12.8 Å². The Morgan fingerprint density at radius 1 is 1.38 bits per heavy atom. The Kier molecular flexibility index (Phi) is 7.05. The summed E-state index contributed by atoms with van der Waals surface area (Å²) in [5.41, 5.74) is -0.473. The highest BCUT2D eigenvalue weighted by Gasteiger charge is 2.16. The van der Waals surface area contributed by atoms with Crippen LogP contribution in [0.1, 0.15) is 52.9 Å². The second-order valence-electron chi connectivity index (χ2n) is 4.24. The van der Waals surface area contributed by atoms with E-state index in [2.05, 4.69) is 23.2 Å². The van der Waals surface area contributed by atoms with Gasteiger partial charge in [0, 0.05) is 19.3 Å². The molecule has 1 N–H and O–H groups in total. The van der Waals surface area contributed by atoms with Crippen LogP contribution in [0.15, 0.2) is 0 Å². The first-order valence-corrected chi connectivity index (χ1v) is 5.70. The molecule has 1 amide bonds. The van der Waals surface area contributed by atoms with Gasteiger partial charge in [-0.05, 0) is 26.7 Å². The molecule has 0 aromatic heterocycles. The van der Waals surface area contributed by atoms with Crippen molar-refractivity contribution in [1.29, 1.82) is 5.26 Å². The fourth-order valence-corrected chi connectivity index (χ4v) is 1.21. The highest BCUT2D eigenvalue weighted by molar-refractivity contribution is 5.77. The smallest absolute Gasteiger partial charge is 0.221 e. The molecule has 3 nitrogen and oxygen atoms in total. The molecule has 0 aromatic rings. The van der Waals surface area contributed by atoms with Gasteiger partial charge >= 0.3 is 0 Å². The Bertz CT molecular complexity index is 315. The van der Waals surface area contributed by atoms with E-state index in [0.717, 1.165) is 12.8 Å². The second kappa shape index (κ2) is 7.77. The zero-order chi connectivity index (χ0) is 12.4. The minimum atomic E-state index is -0.473. The third-order valence-corrected chi connectivity index (χ3v) is 1.92. The van der Waals surface area contributed by atoms with Crippen molar-refractivity contribution in [3.8, 4) is 17.9 Å². The molecular formula is C13H20N2O. The summed E-state index contributed by atoms with van der Waals surface area (Å²) in [5.74, 6) is 6.05. The van der Waals surface area contributed by atoms with Crippen LogP contribution in [0.3, 0.4) is 0 Å². The lowest BCUT2D eigenvalue weighted by Crippen LogP contribution is -2.42. The van der Waals surface area contributed by atoms with Crippen LogP contribution in [-0.2, 0) is 4.79 Å². The van der Waals surface area contributed by atoms with Crippen LogP contribution in [0.5, 0.6) is 0 Å². The van der Waals surface area contributed by atoms with Crippen molar-refractivity contribution in [2.45, 2.75) is 58.4 Å². The predicted molar refractivity (Wildman–Crippen MR) is 64.4 cm³/mol. The highest BCUT2D eigenvalue weighted by atomic mass is 16.1.